The lowest BCUT2D eigenvalue weighted by molar-refractivity contribution is -0.270. The van der Waals surface area contributed by atoms with Gasteiger partial charge in [0.1, 0.15) is 24.2 Å². The third kappa shape index (κ3) is 2.89. The van der Waals surface area contributed by atoms with Crippen molar-refractivity contribution in [2.75, 3.05) is 0 Å². The van der Waals surface area contributed by atoms with Crippen molar-refractivity contribution in [2.45, 2.75) is 82.8 Å². The summed E-state index contributed by atoms with van der Waals surface area (Å²) >= 11 is 0. The predicted molar refractivity (Wildman–Crippen MR) is 106 cm³/mol. The summed E-state index contributed by atoms with van der Waals surface area (Å²) in [7, 11) is 0. The van der Waals surface area contributed by atoms with Gasteiger partial charge in [-0.15, -0.1) is 0 Å². The monoisotopic (exact) mass is 417 g/mol. The number of rotatable bonds is 4. The molecule has 1 aromatic rings. The zero-order chi connectivity index (χ0) is 21.0. The molecule has 164 valence electrons. The van der Waals surface area contributed by atoms with Crippen molar-refractivity contribution in [1.82, 2.24) is 4.90 Å². The molecule has 2 saturated carbocycles. The zero-order valence-electron chi connectivity index (χ0n) is 17.5. The smallest absolute Gasteiger partial charge is 0.233 e. The maximum Gasteiger partial charge on any atom is 0.233 e. The van der Waals surface area contributed by atoms with Crippen LogP contribution in [0.5, 0.6) is 0 Å². The van der Waals surface area contributed by atoms with Gasteiger partial charge >= 0.3 is 0 Å². The topological polar surface area (TPSA) is 100 Å². The first kappa shape index (κ1) is 20.2. The lowest BCUT2D eigenvalue weighted by Gasteiger charge is -2.44. The van der Waals surface area contributed by atoms with E-state index in [0.29, 0.717) is 30.8 Å². The normalized spacial score (nSPS) is 39.4. The first-order valence-corrected chi connectivity index (χ1v) is 11.4. The predicted octanol–water partition coefficient (Wildman–Crippen LogP) is 2.90. The van der Waals surface area contributed by atoms with E-state index < -0.39 is 23.7 Å². The first-order valence-electron chi connectivity index (χ1n) is 11.4. The first-order chi connectivity index (χ1) is 14.5. The van der Waals surface area contributed by atoms with E-state index in [2.05, 4.69) is 0 Å². The zero-order valence-corrected chi connectivity index (χ0v) is 17.5. The summed E-state index contributed by atoms with van der Waals surface area (Å²) < 4.78 is 11.8. The van der Waals surface area contributed by atoms with Crippen LogP contribution in [0.25, 0.3) is 0 Å². The van der Waals surface area contributed by atoms with Gasteiger partial charge in [0, 0.05) is 17.9 Å². The maximum atomic E-state index is 13.5. The molecule has 0 unspecified atom stereocenters. The Bertz CT molecular complexity index is 829. The van der Waals surface area contributed by atoms with Crippen LogP contribution in [-0.4, -0.2) is 38.8 Å². The van der Waals surface area contributed by atoms with Crippen LogP contribution in [0.4, 0.5) is 0 Å². The molecule has 2 saturated heterocycles. The summed E-state index contributed by atoms with van der Waals surface area (Å²) in [6, 6.07) is 3.46. The molecule has 2 aliphatic heterocycles. The van der Waals surface area contributed by atoms with Crippen LogP contribution in [0.2, 0.25) is 0 Å². The highest BCUT2D eigenvalue weighted by molar-refractivity contribution is 6.05. The maximum absolute atomic E-state index is 13.5. The van der Waals surface area contributed by atoms with Gasteiger partial charge < -0.3 is 19.4 Å². The molecule has 30 heavy (non-hydrogen) atoms. The van der Waals surface area contributed by atoms with E-state index in [9.17, 15) is 19.8 Å². The van der Waals surface area contributed by atoms with Gasteiger partial charge in [0.15, 0.2) is 5.79 Å². The Morgan fingerprint density at radius 2 is 1.90 bits per heavy atom. The molecule has 6 atom stereocenters. The SMILES string of the molecule is CC[C@H]1C[C@@H]2C(=O)N(C3CCCCC3)C(=O)[C@@H]2[C@@H]2C[C@@H](c3ccc(CO)o3)O[C@]12O. The summed E-state index contributed by atoms with van der Waals surface area (Å²) in [5.74, 6) is -2.12. The number of hydrogen-bond donors (Lipinski definition) is 2. The highest BCUT2D eigenvalue weighted by Gasteiger charge is 2.67. The summed E-state index contributed by atoms with van der Waals surface area (Å²) in [5.41, 5.74) is 0. The van der Waals surface area contributed by atoms with Gasteiger partial charge in [-0.3, -0.25) is 14.5 Å². The van der Waals surface area contributed by atoms with Gasteiger partial charge in [-0.05, 0) is 44.2 Å². The van der Waals surface area contributed by atoms with E-state index in [1.165, 1.54) is 0 Å². The van der Waals surface area contributed by atoms with Crippen molar-refractivity contribution in [2.24, 2.45) is 23.7 Å². The molecule has 1 aromatic heterocycles. The van der Waals surface area contributed by atoms with Crippen molar-refractivity contribution in [3.05, 3.63) is 23.7 Å². The fraction of sp³-hybridized carbons (Fsp3) is 0.739. The number of aliphatic hydroxyl groups excluding tert-OH is 1. The number of amides is 2. The van der Waals surface area contributed by atoms with E-state index >= 15 is 0 Å². The second-order valence-corrected chi connectivity index (χ2v) is 9.47. The van der Waals surface area contributed by atoms with Crippen LogP contribution >= 0.6 is 0 Å². The fourth-order valence-corrected chi connectivity index (χ4v) is 6.50. The molecule has 5 rings (SSSR count). The van der Waals surface area contributed by atoms with E-state index in [4.69, 9.17) is 9.15 Å². The Morgan fingerprint density at radius 3 is 2.57 bits per heavy atom. The number of furan rings is 1. The molecular formula is C23H31NO6. The van der Waals surface area contributed by atoms with E-state index in [1.807, 2.05) is 6.92 Å². The molecular weight excluding hydrogens is 386 g/mol. The van der Waals surface area contributed by atoms with Gasteiger partial charge in [-0.25, -0.2) is 0 Å². The molecule has 2 amide bonds. The lowest BCUT2D eigenvalue weighted by atomic mass is 9.64. The van der Waals surface area contributed by atoms with Crippen LogP contribution < -0.4 is 0 Å². The Balaban J connectivity index is 1.46. The van der Waals surface area contributed by atoms with Crippen LogP contribution in [-0.2, 0) is 20.9 Å². The number of likely N-dealkylation sites (tertiary alicyclic amines) is 1. The molecule has 0 spiro atoms. The number of aliphatic hydroxyl groups is 2. The van der Waals surface area contributed by atoms with Crippen LogP contribution in [0.3, 0.4) is 0 Å². The molecule has 0 bridgehead atoms. The summed E-state index contributed by atoms with van der Waals surface area (Å²) in [5, 5.41) is 20.9. The number of carbonyl (C=O) groups is 2. The minimum absolute atomic E-state index is 0.00724. The second-order valence-electron chi connectivity index (χ2n) is 9.47. The van der Waals surface area contributed by atoms with Crippen LogP contribution in [0, 0.1) is 23.7 Å². The van der Waals surface area contributed by atoms with E-state index in [-0.39, 0.29) is 36.3 Å². The largest absolute Gasteiger partial charge is 0.461 e. The lowest BCUT2D eigenvalue weighted by Crippen LogP contribution is -2.53. The molecule has 4 fully saturated rings. The molecule has 0 radical (unpaired) electrons. The van der Waals surface area contributed by atoms with Gasteiger partial charge in [-0.2, -0.15) is 0 Å². The van der Waals surface area contributed by atoms with E-state index in [0.717, 1.165) is 32.1 Å². The number of ether oxygens (including phenoxy) is 1. The van der Waals surface area contributed by atoms with Crippen molar-refractivity contribution in [3.8, 4) is 0 Å². The van der Waals surface area contributed by atoms with E-state index in [1.54, 1.807) is 17.0 Å². The highest BCUT2D eigenvalue weighted by Crippen LogP contribution is 2.59. The summed E-state index contributed by atoms with van der Waals surface area (Å²) in [6.07, 6.45) is 6.15. The second kappa shape index (κ2) is 7.46. The number of hydrogen-bond acceptors (Lipinski definition) is 6. The number of nitrogens with zero attached hydrogens (tertiary/aromatic N) is 1. The summed E-state index contributed by atoms with van der Waals surface area (Å²) in [6.45, 7) is 1.79. The number of carbonyl (C=O) groups excluding carboxylic acids is 2. The minimum Gasteiger partial charge on any atom is -0.461 e. The average Bonchev–Trinajstić information content (AvgIpc) is 3.43. The molecule has 3 heterocycles. The highest BCUT2D eigenvalue weighted by atomic mass is 16.6. The Hall–Kier alpha value is -1.70. The van der Waals surface area contributed by atoms with Crippen LogP contribution in [0.15, 0.2) is 16.5 Å². The standard InChI is InChI=1S/C23H31NO6/c1-2-13-10-16-20(22(27)24(21(16)26)14-6-4-3-5-7-14)17-11-19(30-23(13,17)28)18-9-8-15(12-25)29-18/h8-9,13-14,16-17,19-20,25,28H,2-7,10-12H2,1H3/t13-,16-,17-,19-,20-,23+/m0/s1. The average molecular weight is 418 g/mol. The van der Waals surface area contributed by atoms with Crippen molar-refractivity contribution < 1.29 is 29.0 Å². The third-order valence-corrected chi connectivity index (χ3v) is 7.99. The third-order valence-electron chi connectivity index (χ3n) is 7.99. The quantitative estimate of drug-likeness (QED) is 0.731. The fourth-order valence-electron chi connectivity index (χ4n) is 6.50. The molecule has 2 aliphatic carbocycles. The van der Waals surface area contributed by atoms with Gasteiger partial charge in [0.2, 0.25) is 11.8 Å². The van der Waals surface area contributed by atoms with Crippen LogP contribution in [0.1, 0.15) is 75.9 Å². The van der Waals surface area contributed by atoms with Crippen molar-refractivity contribution in [3.63, 3.8) is 0 Å². The molecule has 2 N–H and O–H groups in total. The van der Waals surface area contributed by atoms with Gasteiger partial charge in [0.25, 0.3) is 0 Å². The van der Waals surface area contributed by atoms with Crippen molar-refractivity contribution >= 4 is 11.8 Å². The minimum atomic E-state index is -1.44. The summed E-state index contributed by atoms with van der Waals surface area (Å²) in [4.78, 5) is 28.4. The Labute approximate surface area is 176 Å². The van der Waals surface area contributed by atoms with Crippen molar-refractivity contribution in [1.29, 1.82) is 0 Å². The molecule has 0 aromatic carbocycles. The molecule has 7 nitrogen and oxygen atoms in total. The Kier molecular flexibility index (Phi) is 5.03. The molecule has 4 aliphatic rings. The van der Waals surface area contributed by atoms with Gasteiger partial charge in [0.05, 0.1) is 11.8 Å². The number of imide groups is 1. The van der Waals surface area contributed by atoms with Gasteiger partial charge in [-0.1, -0.05) is 26.2 Å². The molecule has 7 heteroatoms. The Morgan fingerprint density at radius 1 is 1.13 bits per heavy atom. The number of fused-ring (bicyclic) bond motifs is 3.